The van der Waals surface area contributed by atoms with Crippen LogP contribution in [0.25, 0.3) is 10.1 Å². The zero-order valence-corrected chi connectivity index (χ0v) is 19.8. The van der Waals surface area contributed by atoms with Gasteiger partial charge in [0.15, 0.2) is 0 Å². The summed E-state index contributed by atoms with van der Waals surface area (Å²) in [6.07, 6.45) is 9.47. The molecule has 2 unspecified atom stereocenters. The van der Waals surface area contributed by atoms with Crippen LogP contribution in [0.2, 0.25) is 0 Å². The van der Waals surface area contributed by atoms with Gasteiger partial charge in [0.05, 0.1) is 11.4 Å². The third-order valence-electron chi connectivity index (χ3n) is 5.05. The number of hydrogen-bond acceptors (Lipinski definition) is 6. The van der Waals surface area contributed by atoms with E-state index < -0.39 is 20.0 Å². The topological polar surface area (TPSA) is 92.3 Å². The first-order chi connectivity index (χ1) is 15.3. The predicted octanol–water partition coefficient (Wildman–Crippen LogP) is 5.14. The van der Waals surface area contributed by atoms with Crippen LogP contribution in [0, 0.1) is 5.92 Å². The number of anilines is 2. The van der Waals surface area contributed by atoms with E-state index in [0.717, 1.165) is 21.4 Å². The van der Waals surface area contributed by atoms with Crippen molar-refractivity contribution in [3.8, 4) is 0 Å². The highest BCUT2D eigenvalue weighted by molar-refractivity contribution is 8.19. The predicted molar refractivity (Wildman–Crippen MR) is 133 cm³/mol. The Bertz CT molecular complexity index is 1470. The summed E-state index contributed by atoms with van der Waals surface area (Å²) in [7, 11) is -7.75. The minimum absolute atomic E-state index is 0.0262. The summed E-state index contributed by atoms with van der Waals surface area (Å²) >= 11 is 2.43. The minimum atomic E-state index is -3.89. The monoisotopic (exact) mass is 502 g/mol. The first-order valence-corrected chi connectivity index (χ1v) is 14.3. The summed E-state index contributed by atoms with van der Waals surface area (Å²) in [5.74, 6) is 0.0262. The van der Waals surface area contributed by atoms with Crippen molar-refractivity contribution in [1.82, 2.24) is 0 Å². The molecule has 2 heterocycles. The largest absolute Gasteiger partial charge is 0.277 e. The molecule has 2 atom stereocenters. The summed E-state index contributed by atoms with van der Waals surface area (Å²) in [6, 6.07) is 15.4. The van der Waals surface area contributed by atoms with Gasteiger partial charge < -0.3 is 0 Å². The molecule has 0 saturated heterocycles. The van der Waals surface area contributed by atoms with Gasteiger partial charge in [-0.05, 0) is 35.7 Å². The molecule has 1 aliphatic carbocycles. The minimum Gasteiger partial charge on any atom is -0.277 e. The fraction of sp³-hybridized carbons (Fsp3) is 0.0909. The molecule has 32 heavy (non-hydrogen) atoms. The third kappa shape index (κ3) is 4.11. The van der Waals surface area contributed by atoms with Gasteiger partial charge in [-0.2, -0.15) is 0 Å². The Kier molecular flexibility index (Phi) is 5.40. The summed E-state index contributed by atoms with van der Waals surface area (Å²) < 4.78 is 58.4. The van der Waals surface area contributed by atoms with Gasteiger partial charge in [-0.3, -0.25) is 9.44 Å². The van der Waals surface area contributed by atoms with Gasteiger partial charge in [-0.25, -0.2) is 16.8 Å². The third-order valence-corrected chi connectivity index (χ3v) is 11.2. The van der Waals surface area contributed by atoms with E-state index in [1.165, 1.54) is 23.9 Å². The van der Waals surface area contributed by atoms with Crippen LogP contribution in [-0.4, -0.2) is 22.1 Å². The van der Waals surface area contributed by atoms with E-state index in [1.807, 2.05) is 48.6 Å². The fourth-order valence-electron chi connectivity index (χ4n) is 3.50. The van der Waals surface area contributed by atoms with Crippen LogP contribution in [0.5, 0.6) is 0 Å². The molecule has 0 radical (unpaired) electrons. The van der Waals surface area contributed by atoms with E-state index >= 15 is 0 Å². The number of hydrogen-bond donors (Lipinski definition) is 2. The summed E-state index contributed by atoms with van der Waals surface area (Å²) in [5, 5.41) is 0.884. The molecule has 2 N–H and O–H groups in total. The normalized spacial score (nSPS) is 20.2. The van der Waals surface area contributed by atoms with Crippen LogP contribution in [0.15, 0.2) is 93.4 Å². The van der Waals surface area contributed by atoms with Crippen LogP contribution >= 0.6 is 23.1 Å². The summed E-state index contributed by atoms with van der Waals surface area (Å²) in [4.78, 5) is 0. The number of allylic oxidation sites excluding steroid dienone is 4. The van der Waals surface area contributed by atoms with Crippen molar-refractivity contribution in [2.45, 2.75) is 9.46 Å². The lowest BCUT2D eigenvalue weighted by atomic mass is 10.0. The number of thioether (sulfide) groups is 1. The SMILES string of the molecule is O=S(=O)(Nc1ccccc1NS(=O)(=O)c1cc2ccccc2s1)C1=CC2C=CC=CC2S1. The second-order valence-electron chi connectivity index (χ2n) is 7.28. The second-order valence-corrected chi connectivity index (χ2v) is 13.4. The molecule has 10 heteroatoms. The van der Waals surface area contributed by atoms with Gasteiger partial charge >= 0.3 is 0 Å². The Morgan fingerprint density at radius 1 is 0.781 bits per heavy atom. The molecule has 5 rings (SSSR count). The zero-order chi connectivity index (χ0) is 22.3. The average Bonchev–Trinajstić information content (AvgIpc) is 3.40. The molecular formula is C22H18N2O4S4. The van der Waals surface area contributed by atoms with E-state index in [2.05, 4.69) is 9.44 Å². The molecule has 1 aromatic heterocycles. The lowest BCUT2D eigenvalue weighted by molar-refractivity contribution is 0.602. The Morgan fingerprint density at radius 3 is 2.16 bits per heavy atom. The summed E-state index contributed by atoms with van der Waals surface area (Å²) in [5.41, 5.74) is 0.328. The first-order valence-electron chi connectivity index (χ1n) is 9.69. The molecule has 0 spiro atoms. The number of thiophene rings is 1. The molecule has 1 aliphatic heterocycles. The average molecular weight is 503 g/mol. The van der Waals surface area contributed by atoms with Crippen molar-refractivity contribution in [1.29, 1.82) is 0 Å². The van der Waals surface area contributed by atoms with Crippen LogP contribution in [0.3, 0.4) is 0 Å². The van der Waals surface area contributed by atoms with Gasteiger partial charge in [0.1, 0.15) is 8.45 Å². The van der Waals surface area contributed by atoms with Crippen molar-refractivity contribution in [2.75, 3.05) is 9.44 Å². The van der Waals surface area contributed by atoms with Crippen molar-refractivity contribution < 1.29 is 16.8 Å². The van der Waals surface area contributed by atoms with Crippen LogP contribution in [-0.2, 0) is 20.0 Å². The van der Waals surface area contributed by atoms with Crippen molar-refractivity contribution in [3.05, 3.63) is 89.2 Å². The molecule has 164 valence electrons. The van der Waals surface area contributed by atoms with E-state index in [0.29, 0.717) is 0 Å². The molecule has 2 aromatic carbocycles. The molecule has 0 saturated carbocycles. The molecule has 0 fully saturated rings. The van der Waals surface area contributed by atoms with Crippen molar-refractivity contribution in [2.24, 2.45) is 5.92 Å². The Hall–Kier alpha value is -2.53. The Morgan fingerprint density at radius 2 is 1.44 bits per heavy atom. The molecule has 0 amide bonds. The maximum atomic E-state index is 13.0. The fourth-order valence-corrected chi connectivity index (χ4v) is 8.84. The van der Waals surface area contributed by atoms with E-state index in [4.69, 9.17) is 0 Å². The van der Waals surface area contributed by atoms with E-state index in [-0.39, 0.29) is 31.0 Å². The molecule has 3 aromatic rings. The highest BCUT2D eigenvalue weighted by Gasteiger charge is 2.33. The van der Waals surface area contributed by atoms with Gasteiger partial charge in [-0.15, -0.1) is 23.1 Å². The summed E-state index contributed by atoms with van der Waals surface area (Å²) in [6.45, 7) is 0. The van der Waals surface area contributed by atoms with Crippen LogP contribution in [0.4, 0.5) is 11.4 Å². The first kappa shape index (κ1) is 21.3. The zero-order valence-electron chi connectivity index (χ0n) is 16.5. The van der Waals surface area contributed by atoms with Crippen LogP contribution in [0.1, 0.15) is 0 Å². The molecule has 6 nitrogen and oxygen atoms in total. The lowest BCUT2D eigenvalue weighted by Crippen LogP contribution is -2.17. The van der Waals surface area contributed by atoms with Crippen LogP contribution < -0.4 is 9.44 Å². The highest BCUT2D eigenvalue weighted by Crippen LogP contribution is 2.43. The molecule has 2 aliphatic rings. The molecule has 0 bridgehead atoms. The Balaban J connectivity index is 1.42. The second kappa shape index (κ2) is 8.11. The number of para-hydroxylation sites is 2. The maximum absolute atomic E-state index is 13.0. The van der Waals surface area contributed by atoms with E-state index in [9.17, 15) is 16.8 Å². The molecular weight excluding hydrogens is 485 g/mol. The van der Waals surface area contributed by atoms with Gasteiger partial charge in [0.2, 0.25) is 0 Å². The number of fused-ring (bicyclic) bond motifs is 2. The van der Waals surface area contributed by atoms with Gasteiger partial charge in [0, 0.05) is 15.9 Å². The van der Waals surface area contributed by atoms with E-state index in [1.54, 1.807) is 24.3 Å². The Labute approximate surface area is 194 Å². The maximum Gasteiger partial charge on any atom is 0.271 e. The number of rotatable bonds is 6. The number of sulfonamides is 2. The number of nitrogens with one attached hydrogen (secondary N) is 2. The van der Waals surface area contributed by atoms with Crippen molar-refractivity contribution in [3.63, 3.8) is 0 Å². The number of benzene rings is 2. The smallest absolute Gasteiger partial charge is 0.271 e. The van der Waals surface area contributed by atoms with Gasteiger partial charge in [0.25, 0.3) is 20.0 Å². The van der Waals surface area contributed by atoms with Crippen molar-refractivity contribution >= 4 is 64.6 Å². The highest BCUT2D eigenvalue weighted by atomic mass is 32.3. The standard InChI is InChI=1S/C22H18N2O4S4/c25-31(26,21-13-15-7-1-5-11-19(15)29-21)23-17-9-3-4-10-18(17)24-32(27,28)22-14-16-8-2-6-12-20(16)30-22/h1-15,19,23-24H. The quantitative estimate of drug-likeness (QED) is 0.487. The lowest BCUT2D eigenvalue weighted by Gasteiger charge is -2.15. The van der Waals surface area contributed by atoms with Gasteiger partial charge in [-0.1, -0.05) is 54.6 Å².